The van der Waals surface area contributed by atoms with Crippen molar-refractivity contribution in [3.8, 4) is 0 Å². The van der Waals surface area contributed by atoms with E-state index in [1.807, 2.05) is 12.3 Å². The largest absolute Gasteiger partial charge is 0.315 e. The van der Waals surface area contributed by atoms with E-state index in [0.717, 1.165) is 31.7 Å². The van der Waals surface area contributed by atoms with Gasteiger partial charge in [-0.05, 0) is 43.7 Å². The molecule has 2 heterocycles. The van der Waals surface area contributed by atoms with Crippen LogP contribution in [0.15, 0.2) is 36.5 Å². The van der Waals surface area contributed by atoms with Gasteiger partial charge in [-0.15, -0.1) is 0 Å². The SMILES string of the molecule is CC1CCNCCN1Cc1ccc2ncccc2c1. The van der Waals surface area contributed by atoms with E-state index in [0.29, 0.717) is 6.04 Å². The van der Waals surface area contributed by atoms with Crippen LogP contribution in [0.3, 0.4) is 0 Å². The maximum absolute atomic E-state index is 4.38. The van der Waals surface area contributed by atoms with Crippen molar-refractivity contribution in [2.75, 3.05) is 19.6 Å². The fourth-order valence-corrected chi connectivity index (χ4v) is 2.75. The van der Waals surface area contributed by atoms with Crippen LogP contribution >= 0.6 is 0 Å². The van der Waals surface area contributed by atoms with Crippen LogP contribution in [0.2, 0.25) is 0 Å². The van der Waals surface area contributed by atoms with Crippen molar-refractivity contribution in [2.24, 2.45) is 0 Å². The molecule has 1 aromatic heterocycles. The lowest BCUT2D eigenvalue weighted by Crippen LogP contribution is -2.33. The lowest BCUT2D eigenvalue weighted by atomic mass is 10.1. The Kier molecular flexibility index (Phi) is 3.76. The van der Waals surface area contributed by atoms with Gasteiger partial charge in [0.25, 0.3) is 0 Å². The van der Waals surface area contributed by atoms with Crippen LogP contribution in [0, 0.1) is 0 Å². The molecule has 0 radical (unpaired) electrons. The summed E-state index contributed by atoms with van der Waals surface area (Å²) >= 11 is 0. The zero-order valence-corrected chi connectivity index (χ0v) is 11.5. The van der Waals surface area contributed by atoms with E-state index in [1.165, 1.54) is 17.4 Å². The van der Waals surface area contributed by atoms with Crippen molar-refractivity contribution in [2.45, 2.75) is 25.9 Å². The maximum atomic E-state index is 4.38. The van der Waals surface area contributed by atoms with Gasteiger partial charge in [0.1, 0.15) is 0 Å². The minimum atomic E-state index is 0.652. The lowest BCUT2D eigenvalue weighted by molar-refractivity contribution is 0.211. The average Bonchev–Trinajstić information content (AvgIpc) is 2.64. The molecule has 1 aromatic carbocycles. The molecule has 1 unspecified atom stereocenters. The summed E-state index contributed by atoms with van der Waals surface area (Å²) in [5.74, 6) is 0. The maximum Gasteiger partial charge on any atom is 0.0702 e. The monoisotopic (exact) mass is 255 g/mol. The van der Waals surface area contributed by atoms with Crippen LogP contribution < -0.4 is 5.32 Å². The first-order valence-corrected chi connectivity index (χ1v) is 7.11. The fourth-order valence-electron chi connectivity index (χ4n) is 2.75. The number of benzene rings is 1. The second-order valence-corrected chi connectivity index (χ2v) is 5.39. The highest BCUT2D eigenvalue weighted by atomic mass is 15.2. The summed E-state index contributed by atoms with van der Waals surface area (Å²) in [5, 5.41) is 4.71. The van der Waals surface area contributed by atoms with Crippen LogP contribution in [0.5, 0.6) is 0 Å². The molecule has 1 aliphatic rings. The number of hydrogen-bond donors (Lipinski definition) is 1. The number of rotatable bonds is 2. The van der Waals surface area contributed by atoms with Gasteiger partial charge in [-0.3, -0.25) is 9.88 Å². The summed E-state index contributed by atoms with van der Waals surface area (Å²) in [4.78, 5) is 6.94. The summed E-state index contributed by atoms with van der Waals surface area (Å²) in [6.07, 6.45) is 3.08. The average molecular weight is 255 g/mol. The first kappa shape index (κ1) is 12.6. The van der Waals surface area contributed by atoms with Crippen molar-refractivity contribution >= 4 is 10.9 Å². The first-order valence-electron chi connectivity index (χ1n) is 7.11. The van der Waals surface area contributed by atoms with E-state index in [9.17, 15) is 0 Å². The molecule has 1 atom stereocenters. The van der Waals surface area contributed by atoms with Gasteiger partial charge in [0, 0.05) is 37.3 Å². The van der Waals surface area contributed by atoms with E-state index in [1.54, 1.807) is 0 Å². The molecule has 0 amide bonds. The predicted octanol–water partition coefficient (Wildman–Crippen LogP) is 2.42. The summed E-state index contributed by atoms with van der Waals surface area (Å²) < 4.78 is 0. The Morgan fingerprint density at radius 3 is 3.21 bits per heavy atom. The van der Waals surface area contributed by atoms with Gasteiger partial charge in [0.2, 0.25) is 0 Å². The number of hydrogen-bond acceptors (Lipinski definition) is 3. The molecule has 1 saturated heterocycles. The minimum absolute atomic E-state index is 0.652. The molecule has 1 fully saturated rings. The van der Waals surface area contributed by atoms with Crippen molar-refractivity contribution in [3.63, 3.8) is 0 Å². The Balaban J connectivity index is 1.80. The number of pyridine rings is 1. The normalized spacial score (nSPS) is 21.4. The molecule has 3 heteroatoms. The molecule has 1 aliphatic heterocycles. The van der Waals surface area contributed by atoms with Gasteiger partial charge in [-0.25, -0.2) is 0 Å². The van der Waals surface area contributed by atoms with E-state index < -0.39 is 0 Å². The summed E-state index contributed by atoms with van der Waals surface area (Å²) in [5.41, 5.74) is 2.46. The van der Waals surface area contributed by atoms with E-state index in [-0.39, 0.29) is 0 Å². The smallest absolute Gasteiger partial charge is 0.0702 e. The molecule has 0 spiro atoms. The third-order valence-corrected chi connectivity index (χ3v) is 3.99. The van der Waals surface area contributed by atoms with Gasteiger partial charge in [-0.1, -0.05) is 12.1 Å². The second kappa shape index (κ2) is 5.68. The zero-order valence-electron chi connectivity index (χ0n) is 11.5. The van der Waals surface area contributed by atoms with Gasteiger partial charge in [-0.2, -0.15) is 0 Å². The molecule has 19 heavy (non-hydrogen) atoms. The molecule has 100 valence electrons. The Labute approximate surface area is 114 Å². The molecule has 0 bridgehead atoms. The van der Waals surface area contributed by atoms with Gasteiger partial charge in [0.15, 0.2) is 0 Å². The minimum Gasteiger partial charge on any atom is -0.315 e. The molecular formula is C16H21N3. The summed E-state index contributed by atoms with van der Waals surface area (Å²) in [6, 6.07) is 11.4. The predicted molar refractivity (Wildman–Crippen MR) is 79.1 cm³/mol. The molecule has 0 aliphatic carbocycles. The van der Waals surface area contributed by atoms with Crippen LogP contribution in [-0.2, 0) is 6.54 Å². The topological polar surface area (TPSA) is 28.2 Å². The summed E-state index contributed by atoms with van der Waals surface area (Å²) in [7, 11) is 0. The number of aromatic nitrogens is 1. The Bertz CT molecular complexity index is 552. The standard InChI is InChI=1S/C16H21N3/c1-13-6-8-17-9-10-19(13)12-14-4-5-16-15(11-14)3-2-7-18-16/h2-5,7,11,13,17H,6,8-10,12H2,1H3. The highest BCUT2D eigenvalue weighted by Gasteiger charge is 2.16. The molecule has 0 saturated carbocycles. The third-order valence-electron chi connectivity index (χ3n) is 3.99. The quantitative estimate of drug-likeness (QED) is 0.893. The van der Waals surface area contributed by atoms with Gasteiger partial charge < -0.3 is 5.32 Å². The van der Waals surface area contributed by atoms with E-state index >= 15 is 0 Å². The molecule has 3 rings (SSSR count). The van der Waals surface area contributed by atoms with Crippen LogP contribution in [0.4, 0.5) is 0 Å². The van der Waals surface area contributed by atoms with Gasteiger partial charge in [0.05, 0.1) is 5.52 Å². The van der Waals surface area contributed by atoms with Crippen molar-refractivity contribution in [1.29, 1.82) is 0 Å². The molecule has 1 N–H and O–H groups in total. The van der Waals surface area contributed by atoms with E-state index in [2.05, 4.69) is 46.4 Å². The molecular weight excluding hydrogens is 234 g/mol. The molecule has 3 nitrogen and oxygen atoms in total. The Morgan fingerprint density at radius 2 is 2.26 bits per heavy atom. The number of fused-ring (bicyclic) bond motifs is 1. The first-order chi connectivity index (χ1) is 9.33. The van der Waals surface area contributed by atoms with E-state index in [4.69, 9.17) is 0 Å². The van der Waals surface area contributed by atoms with Crippen LogP contribution in [-0.4, -0.2) is 35.6 Å². The fraction of sp³-hybridized carbons (Fsp3) is 0.438. The molecule has 2 aromatic rings. The Hall–Kier alpha value is -1.45. The lowest BCUT2D eigenvalue weighted by Gasteiger charge is -2.26. The Morgan fingerprint density at radius 1 is 1.32 bits per heavy atom. The second-order valence-electron chi connectivity index (χ2n) is 5.39. The summed E-state index contributed by atoms with van der Waals surface area (Å²) in [6.45, 7) is 6.73. The third kappa shape index (κ3) is 2.94. The van der Waals surface area contributed by atoms with Gasteiger partial charge >= 0.3 is 0 Å². The number of nitrogens with one attached hydrogen (secondary N) is 1. The van der Waals surface area contributed by atoms with Crippen molar-refractivity contribution in [3.05, 3.63) is 42.1 Å². The van der Waals surface area contributed by atoms with Crippen LogP contribution in [0.25, 0.3) is 10.9 Å². The number of nitrogens with zero attached hydrogens (tertiary/aromatic N) is 2. The van der Waals surface area contributed by atoms with Crippen molar-refractivity contribution < 1.29 is 0 Å². The highest BCUT2D eigenvalue weighted by molar-refractivity contribution is 5.78. The van der Waals surface area contributed by atoms with Crippen molar-refractivity contribution in [1.82, 2.24) is 15.2 Å². The van der Waals surface area contributed by atoms with Crippen LogP contribution in [0.1, 0.15) is 18.9 Å². The zero-order chi connectivity index (χ0) is 13.1. The highest BCUT2D eigenvalue weighted by Crippen LogP contribution is 2.17.